The highest BCUT2D eigenvalue weighted by molar-refractivity contribution is 9.10. The van der Waals surface area contributed by atoms with Gasteiger partial charge in [-0.05, 0) is 44.1 Å². The van der Waals surface area contributed by atoms with Gasteiger partial charge in [-0.3, -0.25) is 4.79 Å². The van der Waals surface area contributed by atoms with Crippen molar-refractivity contribution in [2.75, 3.05) is 25.0 Å². The highest BCUT2D eigenvalue weighted by Crippen LogP contribution is 2.31. The lowest BCUT2D eigenvalue weighted by Crippen LogP contribution is -2.29. The Hall–Kier alpha value is -0.580. The van der Waals surface area contributed by atoms with Gasteiger partial charge in [0.1, 0.15) is 0 Å². The maximum Gasteiger partial charge on any atom is 0.227 e. The fourth-order valence-corrected chi connectivity index (χ4v) is 2.51. The van der Waals surface area contributed by atoms with Crippen molar-refractivity contribution >= 4 is 39.9 Å². The molecule has 1 aliphatic rings. The van der Waals surface area contributed by atoms with E-state index in [2.05, 4.69) is 27.3 Å². The van der Waals surface area contributed by atoms with Gasteiger partial charge in [-0.15, -0.1) is 12.4 Å². The highest BCUT2D eigenvalue weighted by atomic mass is 79.9. The molecule has 1 aromatic rings. The normalized spacial score (nSPS) is 13.1. The summed E-state index contributed by atoms with van der Waals surface area (Å²) in [6.07, 6.45) is 2.49. The standard InChI is InChI=1S/C13H17BrN2O.ClH/c1-15-7-2-3-13(17)16-8-6-10-4-5-11(14)9-12(10)16;/h4-5,9,15H,2-3,6-8H2,1H3;1H. The summed E-state index contributed by atoms with van der Waals surface area (Å²) < 4.78 is 1.03. The van der Waals surface area contributed by atoms with Crippen LogP contribution in [0.3, 0.4) is 0 Å². The van der Waals surface area contributed by atoms with Crippen LogP contribution in [0.15, 0.2) is 22.7 Å². The van der Waals surface area contributed by atoms with Gasteiger partial charge in [0.25, 0.3) is 0 Å². The second-order valence-corrected chi connectivity index (χ2v) is 5.19. The summed E-state index contributed by atoms with van der Waals surface area (Å²) in [6, 6.07) is 6.17. The van der Waals surface area contributed by atoms with Gasteiger partial charge in [-0.25, -0.2) is 0 Å². The second-order valence-electron chi connectivity index (χ2n) is 4.28. The number of nitrogens with zero attached hydrogens (tertiary/aromatic N) is 1. The molecular weight excluding hydrogens is 316 g/mol. The first-order valence-electron chi connectivity index (χ1n) is 5.96. The summed E-state index contributed by atoms with van der Waals surface area (Å²) in [5.74, 6) is 0.233. The van der Waals surface area contributed by atoms with E-state index in [0.717, 1.165) is 36.1 Å². The van der Waals surface area contributed by atoms with Gasteiger partial charge in [0.15, 0.2) is 0 Å². The molecule has 1 aliphatic heterocycles. The number of fused-ring (bicyclic) bond motifs is 1. The number of hydrogen-bond donors (Lipinski definition) is 1. The van der Waals surface area contributed by atoms with Crippen LogP contribution in [0.2, 0.25) is 0 Å². The first-order valence-corrected chi connectivity index (χ1v) is 6.75. The van der Waals surface area contributed by atoms with Crippen molar-refractivity contribution in [3.63, 3.8) is 0 Å². The average Bonchev–Trinajstić information content (AvgIpc) is 2.72. The van der Waals surface area contributed by atoms with Crippen LogP contribution >= 0.6 is 28.3 Å². The minimum atomic E-state index is 0. The van der Waals surface area contributed by atoms with Gasteiger partial charge in [0.2, 0.25) is 5.91 Å². The summed E-state index contributed by atoms with van der Waals surface area (Å²) in [6.45, 7) is 1.72. The summed E-state index contributed by atoms with van der Waals surface area (Å²) >= 11 is 3.46. The summed E-state index contributed by atoms with van der Waals surface area (Å²) in [4.78, 5) is 14.0. The number of halogens is 2. The Morgan fingerprint density at radius 3 is 3.00 bits per heavy atom. The predicted molar refractivity (Wildman–Crippen MR) is 80.6 cm³/mol. The van der Waals surface area contributed by atoms with Crippen LogP contribution in [0.25, 0.3) is 0 Å². The van der Waals surface area contributed by atoms with E-state index < -0.39 is 0 Å². The minimum Gasteiger partial charge on any atom is -0.320 e. The molecule has 0 radical (unpaired) electrons. The van der Waals surface area contributed by atoms with Crippen molar-refractivity contribution in [1.82, 2.24) is 5.32 Å². The molecule has 0 saturated carbocycles. The molecule has 1 heterocycles. The van der Waals surface area contributed by atoms with Gasteiger partial charge in [0, 0.05) is 23.1 Å². The van der Waals surface area contributed by atoms with E-state index in [1.54, 1.807) is 0 Å². The van der Waals surface area contributed by atoms with Crippen LogP contribution in [0.5, 0.6) is 0 Å². The quantitative estimate of drug-likeness (QED) is 0.859. The molecule has 0 unspecified atom stereocenters. The number of nitrogens with one attached hydrogen (secondary N) is 1. The Kier molecular flexibility index (Phi) is 6.12. The van der Waals surface area contributed by atoms with Crippen LogP contribution in [0.4, 0.5) is 5.69 Å². The second kappa shape index (κ2) is 7.12. The van der Waals surface area contributed by atoms with Crippen molar-refractivity contribution in [3.05, 3.63) is 28.2 Å². The van der Waals surface area contributed by atoms with E-state index in [1.165, 1.54) is 5.56 Å². The lowest BCUT2D eigenvalue weighted by molar-refractivity contribution is -0.118. The zero-order valence-corrected chi connectivity index (χ0v) is 12.8. The maximum absolute atomic E-state index is 12.1. The first kappa shape index (κ1) is 15.5. The van der Waals surface area contributed by atoms with Crippen LogP contribution in [0.1, 0.15) is 18.4 Å². The van der Waals surface area contributed by atoms with Gasteiger partial charge in [-0.2, -0.15) is 0 Å². The van der Waals surface area contributed by atoms with Crippen LogP contribution in [0, 0.1) is 0 Å². The maximum atomic E-state index is 12.1. The number of carbonyl (C=O) groups excluding carboxylic acids is 1. The predicted octanol–water partition coefficient (Wildman–Crippen LogP) is 2.76. The third-order valence-electron chi connectivity index (χ3n) is 3.06. The Morgan fingerprint density at radius 1 is 1.50 bits per heavy atom. The summed E-state index contributed by atoms with van der Waals surface area (Å²) in [5, 5.41) is 3.06. The van der Waals surface area contributed by atoms with E-state index >= 15 is 0 Å². The van der Waals surface area contributed by atoms with Crippen molar-refractivity contribution in [3.8, 4) is 0 Å². The van der Waals surface area contributed by atoms with Crippen molar-refractivity contribution in [2.24, 2.45) is 0 Å². The third kappa shape index (κ3) is 3.46. The Bertz CT molecular complexity index is 425. The molecule has 0 saturated heterocycles. The van der Waals surface area contributed by atoms with E-state index in [4.69, 9.17) is 0 Å². The van der Waals surface area contributed by atoms with Gasteiger partial charge in [-0.1, -0.05) is 22.0 Å². The molecule has 1 N–H and O–H groups in total. The van der Waals surface area contributed by atoms with Crippen molar-refractivity contribution < 1.29 is 4.79 Å². The largest absolute Gasteiger partial charge is 0.320 e. The summed E-state index contributed by atoms with van der Waals surface area (Å²) in [5.41, 5.74) is 2.35. The number of benzene rings is 1. The summed E-state index contributed by atoms with van der Waals surface area (Å²) in [7, 11) is 1.91. The molecule has 1 aromatic carbocycles. The topological polar surface area (TPSA) is 32.3 Å². The molecule has 0 spiro atoms. The number of anilines is 1. The molecule has 3 nitrogen and oxygen atoms in total. The fourth-order valence-electron chi connectivity index (χ4n) is 2.16. The monoisotopic (exact) mass is 332 g/mol. The van der Waals surface area contributed by atoms with Crippen LogP contribution in [-0.4, -0.2) is 26.0 Å². The highest BCUT2D eigenvalue weighted by Gasteiger charge is 2.23. The minimum absolute atomic E-state index is 0. The van der Waals surface area contributed by atoms with E-state index in [-0.39, 0.29) is 18.3 Å². The van der Waals surface area contributed by atoms with Crippen molar-refractivity contribution in [1.29, 1.82) is 0 Å². The van der Waals surface area contributed by atoms with Gasteiger partial charge in [0.05, 0.1) is 0 Å². The molecule has 18 heavy (non-hydrogen) atoms. The van der Waals surface area contributed by atoms with Crippen LogP contribution < -0.4 is 10.2 Å². The smallest absolute Gasteiger partial charge is 0.227 e. The average molecular weight is 334 g/mol. The molecular formula is C13H18BrClN2O. The number of hydrogen-bond acceptors (Lipinski definition) is 2. The lowest BCUT2D eigenvalue weighted by Gasteiger charge is -2.17. The Balaban J connectivity index is 0.00000162. The van der Waals surface area contributed by atoms with Gasteiger partial charge >= 0.3 is 0 Å². The molecule has 0 atom stereocenters. The third-order valence-corrected chi connectivity index (χ3v) is 3.55. The van der Waals surface area contributed by atoms with E-state index in [9.17, 15) is 4.79 Å². The van der Waals surface area contributed by atoms with Crippen molar-refractivity contribution in [2.45, 2.75) is 19.3 Å². The molecule has 100 valence electrons. The molecule has 1 amide bonds. The number of carbonyl (C=O) groups is 1. The molecule has 5 heteroatoms. The Labute approximate surface area is 122 Å². The molecule has 0 aromatic heterocycles. The Morgan fingerprint density at radius 2 is 2.28 bits per heavy atom. The molecule has 0 fully saturated rings. The van der Waals surface area contributed by atoms with Crippen LogP contribution in [-0.2, 0) is 11.2 Å². The number of rotatable bonds is 4. The van der Waals surface area contributed by atoms with E-state index in [1.807, 2.05) is 24.1 Å². The SMILES string of the molecule is CNCCCC(=O)N1CCc2ccc(Br)cc21.Cl. The molecule has 0 aliphatic carbocycles. The zero-order chi connectivity index (χ0) is 12.3. The molecule has 0 bridgehead atoms. The number of amides is 1. The first-order chi connectivity index (χ1) is 8.22. The molecule has 2 rings (SSSR count). The van der Waals surface area contributed by atoms with E-state index in [0.29, 0.717) is 6.42 Å². The fraction of sp³-hybridized carbons (Fsp3) is 0.462. The lowest BCUT2D eigenvalue weighted by atomic mass is 10.2. The van der Waals surface area contributed by atoms with Gasteiger partial charge < -0.3 is 10.2 Å². The zero-order valence-electron chi connectivity index (χ0n) is 10.4.